The molecule has 2 nitrogen and oxygen atoms in total. The molecular formula is C13H24ClNO. The summed E-state index contributed by atoms with van der Waals surface area (Å²) in [5.74, 6) is 1.83. The maximum Gasteiger partial charge on any atom is 0.227 e. The van der Waals surface area contributed by atoms with Crippen LogP contribution in [-0.2, 0) is 4.79 Å². The summed E-state index contributed by atoms with van der Waals surface area (Å²) >= 11 is 5.81. The van der Waals surface area contributed by atoms with E-state index in [0.717, 1.165) is 12.3 Å². The van der Waals surface area contributed by atoms with Crippen LogP contribution in [0, 0.1) is 17.3 Å². The summed E-state index contributed by atoms with van der Waals surface area (Å²) in [6.07, 6.45) is 3.57. The molecular weight excluding hydrogens is 222 g/mol. The minimum Gasteiger partial charge on any atom is -0.353 e. The van der Waals surface area contributed by atoms with Gasteiger partial charge in [-0.3, -0.25) is 4.79 Å². The quantitative estimate of drug-likeness (QED) is 0.758. The number of hydrogen-bond acceptors (Lipinski definition) is 1. The van der Waals surface area contributed by atoms with Crippen molar-refractivity contribution >= 4 is 17.5 Å². The topological polar surface area (TPSA) is 29.1 Å². The van der Waals surface area contributed by atoms with Crippen molar-refractivity contribution in [3.63, 3.8) is 0 Å². The molecule has 0 aromatic carbocycles. The standard InChI is InChI=1S/C13H24ClNO/c1-5-10-6-7-11(9(10)2)15-12(16)13(3,4)8-14/h9-11H,5-8H2,1-4H3,(H,15,16). The van der Waals surface area contributed by atoms with Crippen LogP contribution in [0.2, 0.25) is 0 Å². The first kappa shape index (κ1) is 13.8. The number of carbonyl (C=O) groups is 1. The van der Waals surface area contributed by atoms with Crippen LogP contribution in [-0.4, -0.2) is 17.8 Å². The average molecular weight is 246 g/mol. The summed E-state index contributed by atoms with van der Waals surface area (Å²) in [6, 6.07) is 0.347. The van der Waals surface area contributed by atoms with E-state index in [0.29, 0.717) is 17.8 Å². The SMILES string of the molecule is CCC1CCC(NC(=O)C(C)(C)CCl)C1C. The second kappa shape index (κ2) is 5.39. The summed E-state index contributed by atoms with van der Waals surface area (Å²) in [6.45, 7) is 8.27. The van der Waals surface area contributed by atoms with Crippen molar-refractivity contribution in [2.24, 2.45) is 17.3 Å². The summed E-state index contributed by atoms with van der Waals surface area (Å²) in [4.78, 5) is 12.0. The van der Waals surface area contributed by atoms with Crippen LogP contribution in [0.5, 0.6) is 0 Å². The fraction of sp³-hybridized carbons (Fsp3) is 0.923. The monoisotopic (exact) mass is 245 g/mol. The van der Waals surface area contributed by atoms with Crippen molar-refractivity contribution in [1.82, 2.24) is 5.32 Å². The largest absolute Gasteiger partial charge is 0.353 e. The molecule has 1 amide bonds. The van der Waals surface area contributed by atoms with E-state index in [4.69, 9.17) is 11.6 Å². The number of carbonyl (C=O) groups excluding carboxylic acids is 1. The molecule has 3 heteroatoms. The molecule has 1 N–H and O–H groups in total. The van der Waals surface area contributed by atoms with Crippen LogP contribution in [0.15, 0.2) is 0 Å². The van der Waals surface area contributed by atoms with Gasteiger partial charge in [0.15, 0.2) is 0 Å². The van der Waals surface area contributed by atoms with E-state index in [-0.39, 0.29) is 5.91 Å². The molecule has 0 aromatic heterocycles. The Morgan fingerprint density at radius 2 is 2.06 bits per heavy atom. The van der Waals surface area contributed by atoms with Crippen LogP contribution in [0.4, 0.5) is 0 Å². The van der Waals surface area contributed by atoms with Crippen molar-refractivity contribution in [2.75, 3.05) is 5.88 Å². The van der Waals surface area contributed by atoms with Gasteiger partial charge in [-0.15, -0.1) is 11.6 Å². The molecule has 0 bridgehead atoms. The Labute approximate surface area is 104 Å². The third-order valence-electron chi connectivity index (χ3n) is 4.02. The van der Waals surface area contributed by atoms with E-state index in [1.165, 1.54) is 12.8 Å². The lowest BCUT2D eigenvalue weighted by molar-refractivity contribution is -0.129. The molecule has 0 aliphatic heterocycles. The second-order valence-electron chi connectivity index (χ2n) is 5.70. The lowest BCUT2D eigenvalue weighted by Crippen LogP contribution is -2.45. The normalized spacial score (nSPS) is 30.4. The molecule has 16 heavy (non-hydrogen) atoms. The van der Waals surface area contributed by atoms with Gasteiger partial charge in [0.05, 0.1) is 5.41 Å². The van der Waals surface area contributed by atoms with E-state index in [2.05, 4.69) is 19.2 Å². The van der Waals surface area contributed by atoms with Crippen LogP contribution < -0.4 is 5.32 Å². The molecule has 3 unspecified atom stereocenters. The van der Waals surface area contributed by atoms with Gasteiger partial charge in [0.1, 0.15) is 0 Å². The van der Waals surface area contributed by atoms with E-state index in [1.807, 2.05) is 13.8 Å². The molecule has 1 rings (SSSR count). The molecule has 1 aliphatic carbocycles. The Hall–Kier alpha value is -0.240. The number of alkyl halides is 1. The zero-order valence-corrected chi connectivity index (χ0v) is 11.6. The van der Waals surface area contributed by atoms with Gasteiger partial charge in [-0.25, -0.2) is 0 Å². The Kier molecular flexibility index (Phi) is 4.66. The number of halogens is 1. The van der Waals surface area contributed by atoms with Gasteiger partial charge in [-0.05, 0) is 38.5 Å². The van der Waals surface area contributed by atoms with Gasteiger partial charge in [-0.1, -0.05) is 20.3 Å². The molecule has 94 valence electrons. The number of nitrogens with one attached hydrogen (secondary N) is 1. The molecule has 0 spiro atoms. The van der Waals surface area contributed by atoms with Gasteiger partial charge in [0.2, 0.25) is 5.91 Å². The van der Waals surface area contributed by atoms with Gasteiger partial charge in [-0.2, -0.15) is 0 Å². The Balaban J connectivity index is 2.53. The molecule has 1 fully saturated rings. The first-order valence-electron chi connectivity index (χ1n) is 6.29. The maximum atomic E-state index is 12.0. The zero-order chi connectivity index (χ0) is 12.3. The molecule has 0 aromatic rings. The first-order valence-corrected chi connectivity index (χ1v) is 6.82. The number of amides is 1. The molecule has 3 atom stereocenters. The molecule has 0 saturated heterocycles. The van der Waals surface area contributed by atoms with E-state index in [9.17, 15) is 4.79 Å². The number of hydrogen-bond donors (Lipinski definition) is 1. The fourth-order valence-electron chi connectivity index (χ4n) is 2.45. The van der Waals surface area contributed by atoms with Crippen LogP contribution in [0.1, 0.15) is 47.0 Å². The van der Waals surface area contributed by atoms with Gasteiger partial charge < -0.3 is 5.32 Å². The van der Waals surface area contributed by atoms with Crippen LogP contribution in [0.25, 0.3) is 0 Å². The van der Waals surface area contributed by atoms with Crippen LogP contribution >= 0.6 is 11.6 Å². The van der Waals surface area contributed by atoms with E-state index < -0.39 is 5.41 Å². The molecule has 1 saturated carbocycles. The van der Waals surface area contributed by atoms with Crippen molar-refractivity contribution in [3.05, 3.63) is 0 Å². The minimum absolute atomic E-state index is 0.0936. The Morgan fingerprint density at radius 1 is 1.44 bits per heavy atom. The maximum absolute atomic E-state index is 12.0. The van der Waals surface area contributed by atoms with E-state index in [1.54, 1.807) is 0 Å². The van der Waals surface area contributed by atoms with Crippen molar-refractivity contribution in [1.29, 1.82) is 0 Å². The highest BCUT2D eigenvalue weighted by molar-refractivity contribution is 6.19. The van der Waals surface area contributed by atoms with Gasteiger partial charge >= 0.3 is 0 Å². The molecule has 0 radical (unpaired) electrons. The lowest BCUT2D eigenvalue weighted by atomic mass is 9.91. The molecule has 1 aliphatic rings. The zero-order valence-electron chi connectivity index (χ0n) is 10.8. The summed E-state index contributed by atoms with van der Waals surface area (Å²) in [5.41, 5.74) is -0.453. The third kappa shape index (κ3) is 2.91. The second-order valence-corrected chi connectivity index (χ2v) is 5.97. The fourth-order valence-corrected chi connectivity index (χ4v) is 2.57. The van der Waals surface area contributed by atoms with E-state index >= 15 is 0 Å². The third-order valence-corrected chi connectivity index (χ3v) is 4.68. The van der Waals surface area contributed by atoms with Crippen LogP contribution in [0.3, 0.4) is 0 Å². The highest BCUT2D eigenvalue weighted by atomic mass is 35.5. The van der Waals surface area contributed by atoms with Crippen molar-refractivity contribution < 1.29 is 4.79 Å². The lowest BCUT2D eigenvalue weighted by Gasteiger charge is -2.26. The number of rotatable bonds is 4. The highest BCUT2D eigenvalue weighted by Gasteiger charge is 2.35. The Morgan fingerprint density at radius 3 is 2.50 bits per heavy atom. The summed E-state index contributed by atoms with van der Waals surface area (Å²) < 4.78 is 0. The molecule has 0 heterocycles. The predicted molar refractivity (Wildman–Crippen MR) is 68.6 cm³/mol. The average Bonchev–Trinajstić information content (AvgIpc) is 2.60. The smallest absolute Gasteiger partial charge is 0.227 e. The van der Waals surface area contributed by atoms with Crippen molar-refractivity contribution in [3.8, 4) is 0 Å². The summed E-state index contributed by atoms with van der Waals surface area (Å²) in [5, 5.41) is 3.16. The van der Waals surface area contributed by atoms with Gasteiger partial charge in [0, 0.05) is 11.9 Å². The van der Waals surface area contributed by atoms with Crippen molar-refractivity contribution in [2.45, 2.75) is 53.0 Å². The Bertz CT molecular complexity index is 252. The first-order chi connectivity index (χ1) is 7.42. The highest BCUT2D eigenvalue weighted by Crippen LogP contribution is 2.34. The van der Waals surface area contributed by atoms with Gasteiger partial charge in [0.25, 0.3) is 0 Å². The summed E-state index contributed by atoms with van der Waals surface area (Å²) in [7, 11) is 0. The predicted octanol–water partition coefficient (Wildman–Crippen LogP) is 3.19. The minimum atomic E-state index is -0.453.